The minimum absolute atomic E-state index is 0.328. The topological polar surface area (TPSA) is 185 Å². The van der Waals surface area contributed by atoms with E-state index in [4.69, 9.17) is 18.9 Å². The molecule has 14 heteroatoms. The fourth-order valence-corrected chi connectivity index (χ4v) is 3.36. The van der Waals surface area contributed by atoms with E-state index in [9.17, 15) is 14.8 Å². The van der Waals surface area contributed by atoms with Crippen LogP contribution in [0, 0.1) is 0 Å². The average molecular weight is 427 g/mol. The lowest BCUT2D eigenvalue weighted by molar-refractivity contribution is -0.0504. The molecule has 4 rings (SSSR count). The van der Waals surface area contributed by atoms with Gasteiger partial charge in [-0.05, 0) is 12.1 Å². The van der Waals surface area contributed by atoms with Crippen molar-refractivity contribution in [3.05, 3.63) is 36.8 Å². The molecule has 1 fully saturated rings. The highest BCUT2D eigenvalue weighted by molar-refractivity contribution is 7.46. The molecule has 0 unspecified atom stereocenters. The molecule has 3 aromatic heterocycles. The number of furan rings is 1. The number of hydrogen-bond acceptors (Lipinski definition) is 10. The van der Waals surface area contributed by atoms with Crippen LogP contribution >= 0.6 is 7.82 Å². The number of rotatable bonds is 7. The van der Waals surface area contributed by atoms with E-state index < -0.39 is 39.0 Å². The molecule has 0 bridgehead atoms. The van der Waals surface area contributed by atoms with Crippen molar-refractivity contribution in [2.45, 2.75) is 31.1 Å². The van der Waals surface area contributed by atoms with E-state index in [1.54, 1.807) is 18.4 Å². The van der Waals surface area contributed by atoms with E-state index in [0.29, 0.717) is 29.3 Å². The highest BCUT2D eigenvalue weighted by Gasteiger charge is 2.45. The number of aliphatic hydroxyl groups excluding tert-OH is 2. The van der Waals surface area contributed by atoms with E-state index in [-0.39, 0.29) is 0 Å². The van der Waals surface area contributed by atoms with Gasteiger partial charge in [0.15, 0.2) is 23.2 Å². The highest BCUT2D eigenvalue weighted by atomic mass is 31.2. The maximum Gasteiger partial charge on any atom is 0.469 e. The molecule has 4 atom stereocenters. The molecule has 0 aromatic carbocycles. The van der Waals surface area contributed by atoms with Crippen LogP contribution in [0.1, 0.15) is 12.0 Å². The second kappa shape index (κ2) is 7.80. The van der Waals surface area contributed by atoms with Crippen LogP contribution in [0.5, 0.6) is 0 Å². The number of aliphatic hydroxyl groups is 2. The molecular formula is C15H18N5O8P. The number of fused-ring (bicyclic) bond motifs is 1. The number of phosphoric acid groups is 1. The van der Waals surface area contributed by atoms with Gasteiger partial charge in [0.05, 0.1) is 25.7 Å². The van der Waals surface area contributed by atoms with E-state index >= 15 is 0 Å². The van der Waals surface area contributed by atoms with Crippen molar-refractivity contribution < 1.29 is 38.2 Å². The molecule has 0 aliphatic carbocycles. The first-order valence-corrected chi connectivity index (χ1v) is 10.0. The van der Waals surface area contributed by atoms with Gasteiger partial charge in [0.25, 0.3) is 0 Å². The maximum absolute atomic E-state index is 10.9. The van der Waals surface area contributed by atoms with Gasteiger partial charge in [0.1, 0.15) is 30.4 Å². The predicted octanol–water partition coefficient (Wildman–Crippen LogP) is -0.240. The summed E-state index contributed by atoms with van der Waals surface area (Å²) in [6, 6.07) is 3.56. The lowest BCUT2D eigenvalue weighted by Crippen LogP contribution is -2.33. The Labute approximate surface area is 163 Å². The summed E-state index contributed by atoms with van der Waals surface area (Å²) in [6.45, 7) is -0.231. The van der Waals surface area contributed by atoms with Gasteiger partial charge in [-0.1, -0.05) is 0 Å². The van der Waals surface area contributed by atoms with E-state index in [0.717, 1.165) is 0 Å². The Hall–Kier alpha value is -2.38. The van der Waals surface area contributed by atoms with E-state index in [1.165, 1.54) is 17.2 Å². The smallest absolute Gasteiger partial charge is 0.467 e. The lowest BCUT2D eigenvalue weighted by atomic mass is 10.1. The Morgan fingerprint density at radius 3 is 2.79 bits per heavy atom. The lowest BCUT2D eigenvalue weighted by Gasteiger charge is -2.16. The van der Waals surface area contributed by atoms with Crippen LogP contribution in [0.2, 0.25) is 0 Å². The Kier molecular flexibility index (Phi) is 5.36. The van der Waals surface area contributed by atoms with Gasteiger partial charge in [0.2, 0.25) is 0 Å². The summed E-state index contributed by atoms with van der Waals surface area (Å²) in [4.78, 5) is 30.2. The number of phosphoric ester groups is 1. The van der Waals surface area contributed by atoms with Crippen LogP contribution in [0.4, 0.5) is 5.82 Å². The van der Waals surface area contributed by atoms with Crippen molar-refractivity contribution in [2.75, 3.05) is 11.9 Å². The first kappa shape index (κ1) is 19.9. The monoisotopic (exact) mass is 427 g/mol. The molecule has 4 heterocycles. The maximum atomic E-state index is 10.9. The van der Waals surface area contributed by atoms with Gasteiger partial charge < -0.3 is 34.5 Å². The molecule has 0 saturated carbocycles. The average Bonchev–Trinajstić information content (AvgIpc) is 3.39. The second-order valence-corrected chi connectivity index (χ2v) is 7.55. The quantitative estimate of drug-likeness (QED) is 0.312. The van der Waals surface area contributed by atoms with Crippen molar-refractivity contribution >= 4 is 24.8 Å². The molecular weight excluding hydrogens is 409 g/mol. The van der Waals surface area contributed by atoms with Gasteiger partial charge in [-0.15, -0.1) is 0 Å². The molecule has 0 radical (unpaired) electrons. The van der Waals surface area contributed by atoms with E-state index in [1.807, 2.05) is 0 Å². The van der Waals surface area contributed by atoms with Crippen molar-refractivity contribution in [3.63, 3.8) is 0 Å². The molecule has 5 N–H and O–H groups in total. The number of aromatic nitrogens is 4. The Bertz CT molecular complexity index is 1020. The first-order valence-electron chi connectivity index (χ1n) is 8.49. The van der Waals surface area contributed by atoms with Crippen LogP contribution < -0.4 is 5.32 Å². The summed E-state index contributed by atoms with van der Waals surface area (Å²) >= 11 is 0. The molecule has 1 aliphatic heterocycles. The molecule has 0 spiro atoms. The number of hydrogen-bond donors (Lipinski definition) is 5. The Balaban J connectivity index is 1.54. The van der Waals surface area contributed by atoms with Crippen molar-refractivity contribution in [1.29, 1.82) is 0 Å². The van der Waals surface area contributed by atoms with Crippen LogP contribution in [-0.2, 0) is 20.4 Å². The third-order valence-electron chi connectivity index (χ3n) is 4.39. The first-order chi connectivity index (χ1) is 13.8. The highest BCUT2D eigenvalue weighted by Crippen LogP contribution is 2.38. The van der Waals surface area contributed by atoms with Gasteiger partial charge in [-0.2, -0.15) is 0 Å². The molecule has 156 valence electrons. The van der Waals surface area contributed by atoms with Crippen LogP contribution in [0.15, 0.2) is 35.5 Å². The van der Waals surface area contributed by atoms with Gasteiger partial charge in [-0.3, -0.25) is 9.09 Å². The number of anilines is 1. The summed E-state index contributed by atoms with van der Waals surface area (Å²) in [6.07, 6.45) is -0.847. The molecule has 13 nitrogen and oxygen atoms in total. The largest absolute Gasteiger partial charge is 0.469 e. The number of nitrogens with zero attached hydrogens (tertiary/aromatic N) is 4. The van der Waals surface area contributed by atoms with Crippen molar-refractivity contribution in [1.82, 2.24) is 19.5 Å². The summed E-state index contributed by atoms with van der Waals surface area (Å²) < 4.78 is 27.5. The summed E-state index contributed by atoms with van der Waals surface area (Å²) in [7, 11) is -4.75. The molecule has 29 heavy (non-hydrogen) atoms. The normalized spacial score (nSPS) is 25.0. The van der Waals surface area contributed by atoms with Gasteiger partial charge >= 0.3 is 7.82 Å². The SMILES string of the molecule is O=P(O)(O)OC[C@@H]1O[C@@H](n2cnc3c(NCc4ccco4)ncnc32)[C@H](O)[C@@H]1O. The van der Waals surface area contributed by atoms with Crippen LogP contribution in [-0.4, -0.2) is 64.4 Å². The zero-order valence-electron chi connectivity index (χ0n) is 14.8. The van der Waals surface area contributed by atoms with Crippen LogP contribution in [0.25, 0.3) is 11.2 Å². The molecule has 1 aliphatic rings. The van der Waals surface area contributed by atoms with Crippen molar-refractivity contribution in [3.8, 4) is 0 Å². The second-order valence-electron chi connectivity index (χ2n) is 6.31. The van der Waals surface area contributed by atoms with Crippen LogP contribution in [0.3, 0.4) is 0 Å². The predicted molar refractivity (Wildman–Crippen MR) is 95.3 cm³/mol. The fourth-order valence-electron chi connectivity index (χ4n) is 3.02. The van der Waals surface area contributed by atoms with Crippen molar-refractivity contribution in [2.24, 2.45) is 0 Å². The zero-order chi connectivity index (χ0) is 20.6. The minimum Gasteiger partial charge on any atom is -0.467 e. The molecule has 1 saturated heterocycles. The third kappa shape index (κ3) is 4.16. The standard InChI is InChI=1S/C15H18N5O8P/c21-11-9(5-27-29(23,24)25)28-15(12(11)22)20-7-19-10-13(17-6-18-14(10)20)16-4-8-2-1-3-26-8/h1-3,6-7,9,11-12,15,21-22H,4-5H2,(H,16,17,18)(H2,23,24,25)/t9-,11+,12+,15+/m0/s1. The molecule has 0 amide bonds. The minimum atomic E-state index is -4.75. The summed E-state index contributed by atoms with van der Waals surface area (Å²) in [5, 5.41) is 23.6. The molecule has 3 aromatic rings. The number of imidazole rings is 1. The van der Waals surface area contributed by atoms with E-state index in [2.05, 4.69) is 24.8 Å². The number of ether oxygens (including phenoxy) is 1. The zero-order valence-corrected chi connectivity index (χ0v) is 15.7. The summed E-state index contributed by atoms with van der Waals surface area (Å²) in [5.41, 5.74) is 0.731. The third-order valence-corrected chi connectivity index (χ3v) is 4.87. The number of nitrogens with one attached hydrogen (secondary N) is 1. The van der Waals surface area contributed by atoms with Gasteiger partial charge in [0, 0.05) is 0 Å². The Morgan fingerprint density at radius 2 is 2.07 bits per heavy atom. The Morgan fingerprint density at radius 1 is 1.24 bits per heavy atom. The fraction of sp³-hybridized carbons (Fsp3) is 0.400. The van der Waals surface area contributed by atoms with Gasteiger partial charge in [-0.25, -0.2) is 19.5 Å². The summed E-state index contributed by atoms with van der Waals surface area (Å²) in [5.74, 6) is 1.13.